The summed E-state index contributed by atoms with van der Waals surface area (Å²) >= 11 is 1.92. The third-order valence-corrected chi connectivity index (χ3v) is 5.48. The van der Waals surface area contributed by atoms with E-state index in [0.29, 0.717) is 0 Å². The molecular formula is C17H27N3S. The Morgan fingerprint density at radius 1 is 1.29 bits per heavy atom. The summed E-state index contributed by atoms with van der Waals surface area (Å²) in [5.41, 5.74) is 2.69. The average Bonchev–Trinajstić information content (AvgIpc) is 3.26. The van der Waals surface area contributed by atoms with Crippen molar-refractivity contribution in [3.8, 4) is 0 Å². The van der Waals surface area contributed by atoms with Gasteiger partial charge in [-0.1, -0.05) is 20.8 Å². The second-order valence-corrected chi connectivity index (χ2v) is 9.25. The lowest BCUT2D eigenvalue weighted by molar-refractivity contribution is 0.418. The molecular weight excluding hydrogens is 278 g/mol. The fraction of sp³-hybridized carbons (Fsp3) is 0.765. The number of nitrogens with zero attached hydrogens (tertiary/aromatic N) is 2. The second kappa shape index (κ2) is 6.25. The predicted octanol–water partition coefficient (Wildman–Crippen LogP) is 3.37. The zero-order chi connectivity index (χ0) is 14.9. The lowest BCUT2D eigenvalue weighted by atomic mass is 9.87. The fourth-order valence-corrected chi connectivity index (χ4v) is 3.47. The fourth-order valence-electron chi connectivity index (χ4n) is 2.77. The van der Waals surface area contributed by atoms with Gasteiger partial charge >= 0.3 is 0 Å². The van der Waals surface area contributed by atoms with E-state index in [1.165, 1.54) is 37.1 Å². The van der Waals surface area contributed by atoms with E-state index in [4.69, 9.17) is 4.98 Å². The van der Waals surface area contributed by atoms with Crippen molar-refractivity contribution in [1.29, 1.82) is 0 Å². The Morgan fingerprint density at radius 3 is 2.81 bits per heavy atom. The Hall–Kier alpha value is -0.610. The molecule has 2 aliphatic carbocycles. The number of hydrogen-bond acceptors (Lipinski definition) is 4. The van der Waals surface area contributed by atoms with Crippen molar-refractivity contribution in [3.63, 3.8) is 0 Å². The first-order chi connectivity index (χ1) is 9.99. The molecule has 4 heteroatoms. The molecule has 1 unspecified atom stereocenters. The maximum atomic E-state index is 4.81. The van der Waals surface area contributed by atoms with Gasteiger partial charge in [-0.25, -0.2) is 9.97 Å². The van der Waals surface area contributed by atoms with Crippen molar-refractivity contribution in [1.82, 2.24) is 15.3 Å². The number of aromatic nitrogens is 2. The maximum Gasteiger partial charge on any atom is 0.138 e. The molecule has 1 aromatic heterocycles. The Kier molecular flexibility index (Phi) is 4.55. The molecule has 1 fully saturated rings. The smallest absolute Gasteiger partial charge is 0.138 e. The monoisotopic (exact) mass is 305 g/mol. The lowest BCUT2D eigenvalue weighted by Crippen LogP contribution is -2.29. The van der Waals surface area contributed by atoms with Crippen LogP contribution in [0.5, 0.6) is 0 Å². The highest BCUT2D eigenvalue weighted by Gasteiger charge is 2.25. The van der Waals surface area contributed by atoms with Gasteiger partial charge in [-0.15, -0.1) is 11.8 Å². The summed E-state index contributed by atoms with van der Waals surface area (Å²) in [6.45, 7) is 7.90. The standard InChI is InChI=1S/C17H27N3S/c1-17(2,3)21-11-16-19-10-13-8-12(4-7-15(13)20-16)9-18-14-5-6-14/h10,12,14,18H,4-9,11H2,1-3H3. The summed E-state index contributed by atoms with van der Waals surface area (Å²) in [7, 11) is 0. The molecule has 3 nitrogen and oxygen atoms in total. The van der Waals surface area contributed by atoms with Crippen LogP contribution < -0.4 is 5.32 Å². The first kappa shape index (κ1) is 15.3. The number of rotatable bonds is 5. The summed E-state index contributed by atoms with van der Waals surface area (Å²) < 4.78 is 0.277. The first-order valence-electron chi connectivity index (χ1n) is 8.20. The van der Waals surface area contributed by atoms with E-state index in [2.05, 4.69) is 37.3 Å². The van der Waals surface area contributed by atoms with Crippen molar-refractivity contribution in [2.75, 3.05) is 6.54 Å². The van der Waals surface area contributed by atoms with E-state index in [-0.39, 0.29) is 4.75 Å². The third kappa shape index (κ3) is 4.68. The molecule has 21 heavy (non-hydrogen) atoms. The molecule has 1 aromatic rings. The summed E-state index contributed by atoms with van der Waals surface area (Å²) in [6.07, 6.45) is 8.39. The Morgan fingerprint density at radius 2 is 2.10 bits per heavy atom. The Labute approximate surface area is 132 Å². The first-order valence-corrected chi connectivity index (χ1v) is 9.19. The lowest BCUT2D eigenvalue weighted by Gasteiger charge is -2.24. The van der Waals surface area contributed by atoms with Gasteiger partial charge in [0.05, 0.1) is 5.75 Å². The van der Waals surface area contributed by atoms with Gasteiger partial charge in [0.25, 0.3) is 0 Å². The molecule has 0 amide bonds. The SMILES string of the molecule is CC(C)(C)SCc1ncc2c(n1)CCC(CNC1CC1)C2. The largest absolute Gasteiger partial charge is 0.314 e. The van der Waals surface area contributed by atoms with Gasteiger partial charge in [0.2, 0.25) is 0 Å². The molecule has 1 heterocycles. The van der Waals surface area contributed by atoms with Crippen LogP contribution in [0.1, 0.15) is 57.1 Å². The second-order valence-electron chi connectivity index (χ2n) is 7.45. The minimum atomic E-state index is 0.277. The van der Waals surface area contributed by atoms with Gasteiger partial charge in [-0.3, -0.25) is 0 Å². The van der Waals surface area contributed by atoms with Crippen molar-refractivity contribution in [2.45, 2.75) is 69.4 Å². The molecule has 0 saturated heterocycles. The van der Waals surface area contributed by atoms with Crippen LogP contribution in [-0.2, 0) is 18.6 Å². The quantitative estimate of drug-likeness (QED) is 0.905. The van der Waals surface area contributed by atoms with Crippen LogP contribution in [-0.4, -0.2) is 27.3 Å². The minimum absolute atomic E-state index is 0.277. The molecule has 116 valence electrons. The van der Waals surface area contributed by atoms with Crippen molar-refractivity contribution < 1.29 is 0 Å². The summed E-state index contributed by atoms with van der Waals surface area (Å²) in [5.74, 6) is 2.70. The van der Waals surface area contributed by atoms with Crippen LogP contribution in [0, 0.1) is 5.92 Å². The number of aryl methyl sites for hydroxylation is 1. The highest BCUT2D eigenvalue weighted by Crippen LogP contribution is 2.28. The van der Waals surface area contributed by atoms with Crippen LogP contribution in [0.4, 0.5) is 0 Å². The van der Waals surface area contributed by atoms with Crippen molar-refractivity contribution >= 4 is 11.8 Å². The van der Waals surface area contributed by atoms with Gasteiger partial charge in [0, 0.05) is 22.7 Å². The predicted molar refractivity (Wildman–Crippen MR) is 89.6 cm³/mol. The molecule has 2 aliphatic rings. The van der Waals surface area contributed by atoms with E-state index >= 15 is 0 Å². The third-order valence-electron chi connectivity index (χ3n) is 4.21. The molecule has 1 saturated carbocycles. The number of thioether (sulfide) groups is 1. The highest BCUT2D eigenvalue weighted by atomic mass is 32.2. The average molecular weight is 305 g/mol. The van der Waals surface area contributed by atoms with Crippen molar-refractivity contribution in [2.24, 2.45) is 5.92 Å². The van der Waals surface area contributed by atoms with E-state index in [0.717, 1.165) is 36.4 Å². The molecule has 1 N–H and O–H groups in total. The highest BCUT2D eigenvalue weighted by molar-refractivity contribution is 7.99. The molecule has 0 aromatic carbocycles. The molecule has 0 aliphatic heterocycles. The van der Waals surface area contributed by atoms with E-state index < -0.39 is 0 Å². The maximum absolute atomic E-state index is 4.81. The molecule has 0 bridgehead atoms. The summed E-state index contributed by atoms with van der Waals surface area (Å²) in [6, 6.07) is 0.819. The zero-order valence-corrected chi connectivity index (χ0v) is 14.3. The van der Waals surface area contributed by atoms with Gasteiger partial charge < -0.3 is 5.32 Å². The van der Waals surface area contributed by atoms with Crippen LogP contribution in [0.2, 0.25) is 0 Å². The van der Waals surface area contributed by atoms with Crippen LogP contribution >= 0.6 is 11.8 Å². The van der Waals surface area contributed by atoms with Crippen LogP contribution in [0.25, 0.3) is 0 Å². The molecule has 0 spiro atoms. The topological polar surface area (TPSA) is 37.8 Å². The summed E-state index contributed by atoms with van der Waals surface area (Å²) in [5, 5.41) is 3.66. The number of hydrogen-bond donors (Lipinski definition) is 1. The molecule has 1 atom stereocenters. The zero-order valence-electron chi connectivity index (χ0n) is 13.5. The van der Waals surface area contributed by atoms with E-state index in [9.17, 15) is 0 Å². The van der Waals surface area contributed by atoms with Gasteiger partial charge in [-0.05, 0) is 50.1 Å². The van der Waals surface area contributed by atoms with E-state index in [1.807, 2.05) is 11.8 Å². The molecule has 3 rings (SSSR count). The van der Waals surface area contributed by atoms with E-state index in [1.54, 1.807) is 0 Å². The van der Waals surface area contributed by atoms with Crippen LogP contribution in [0.3, 0.4) is 0 Å². The number of fused-ring (bicyclic) bond motifs is 1. The Balaban J connectivity index is 1.56. The summed E-state index contributed by atoms with van der Waals surface area (Å²) in [4.78, 5) is 9.39. The minimum Gasteiger partial charge on any atom is -0.314 e. The van der Waals surface area contributed by atoms with Gasteiger partial charge in [-0.2, -0.15) is 0 Å². The Bertz CT molecular complexity index is 491. The van der Waals surface area contributed by atoms with Gasteiger partial charge in [0.1, 0.15) is 5.82 Å². The van der Waals surface area contributed by atoms with Gasteiger partial charge in [0.15, 0.2) is 0 Å². The van der Waals surface area contributed by atoms with Crippen molar-refractivity contribution in [3.05, 3.63) is 23.3 Å². The number of nitrogens with one attached hydrogen (secondary N) is 1. The molecule has 0 radical (unpaired) electrons. The normalized spacial score (nSPS) is 22.1. The van der Waals surface area contributed by atoms with Crippen LogP contribution in [0.15, 0.2) is 6.20 Å².